The van der Waals surface area contributed by atoms with Crippen molar-refractivity contribution in [3.8, 4) is 11.1 Å². The smallest absolute Gasteiger partial charge is 0.211 e. The van der Waals surface area contributed by atoms with Crippen molar-refractivity contribution in [3.05, 3.63) is 59.7 Å². The lowest BCUT2D eigenvalue weighted by atomic mass is 9.71. The summed E-state index contributed by atoms with van der Waals surface area (Å²) in [5, 5.41) is 0. The van der Waals surface area contributed by atoms with Crippen LogP contribution in [0.4, 0.5) is 0 Å². The summed E-state index contributed by atoms with van der Waals surface area (Å²) in [7, 11) is -3.09. The Kier molecular flexibility index (Phi) is 2.97. The normalized spacial score (nSPS) is 19.9. The van der Waals surface area contributed by atoms with Crippen LogP contribution in [0, 0.1) is 0 Å². The summed E-state index contributed by atoms with van der Waals surface area (Å²) in [6.07, 6.45) is 3.02. The van der Waals surface area contributed by atoms with E-state index in [1.807, 2.05) is 0 Å². The molecule has 1 aliphatic heterocycles. The summed E-state index contributed by atoms with van der Waals surface area (Å²) >= 11 is 0. The van der Waals surface area contributed by atoms with Crippen molar-refractivity contribution in [2.75, 3.05) is 19.3 Å². The molecule has 1 fully saturated rings. The van der Waals surface area contributed by atoms with Gasteiger partial charge in [0.1, 0.15) is 0 Å². The second-order valence-corrected chi connectivity index (χ2v) is 8.32. The standard InChI is InChI=1S/C18H19NO2S/c1-22(20,21)19-12-10-18(11-13-19)16-8-4-2-6-14(16)15-7-3-5-9-17(15)18/h2-9H,10-13H2,1H3. The molecule has 0 N–H and O–H groups in total. The van der Waals surface area contributed by atoms with Crippen LogP contribution in [0.25, 0.3) is 11.1 Å². The number of fused-ring (bicyclic) bond motifs is 5. The SMILES string of the molecule is CS(=O)(=O)N1CCC2(CC1)c1ccccc1-c1ccccc12. The molecule has 0 radical (unpaired) electrons. The number of nitrogens with zero attached hydrogens (tertiary/aromatic N) is 1. The molecule has 2 aromatic rings. The van der Waals surface area contributed by atoms with Crippen molar-refractivity contribution in [1.29, 1.82) is 0 Å². The maximum atomic E-state index is 11.8. The van der Waals surface area contributed by atoms with E-state index in [4.69, 9.17) is 0 Å². The zero-order valence-corrected chi connectivity index (χ0v) is 13.4. The van der Waals surface area contributed by atoms with Crippen LogP contribution < -0.4 is 0 Å². The van der Waals surface area contributed by atoms with Crippen molar-refractivity contribution in [3.63, 3.8) is 0 Å². The Hall–Kier alpha value is -1.65. The van der Waals surface area contributed by atoms with Crippen molar-refractivity contribution in [2.24, 2.45) is 0 Å². The Morgan fingerprint density at radius 3 is 1.77 bits per heavy atom. The van der Waals surface area contributed by atoms with E-state index in [0.717, 1.165) is 12.8 Å². The molecule has 0 atom stereocenters. The largest absolute Gasteiger partial charge is 0.213 e. The molecule has 4 heteroatoms. The van der Waals surface area contributed by atoms with Gasteiger partial charge in [-0.3, -0.25) is 0 Å². The van der Waals surface area contributed by atoms with Gasteiger partial charge in [-0.05, 0) is 35.1 Å². The van der Waals surface area contributed by atoms with Gasteiger partial charge in [-0.1, -0.05) is 48.5 Å². The summed E-state index contributed by atoms with van der Waals surface area (Å²) in [6.45, 7) is 1.20. The van der Waals surface area contributed by atoms with E-state index >= 15 is 0 Å². The number of sulfonamides is 1. The van der Waals surface area contributed by atoms with Crippen molar-refractivity contribution >= 4 is 10.0 Å². The summed E-state index contributed by atoms with van der Waals surface area (Å²) in [6, 6.07) is 17.2. The zero-order valence-electron chi connectivity index (χ0n) is 12.6. The summed E-state index contributed by atoms with van der Waals surface area (Å²) < 4.78 is 25.2. The average molecular weight is 313 g/mol. The number of rotatable bonds is 1. The molecule has 2 aromatic carbocycles. The van der Waals surface area contributed by atoms with Crippen molar-refractivity contribution < 1.29 is 8.42 Å². The van der Waals surface area contributed by atoms with Crippen LogP contribution in [0.15, 0.2) is 48.5 Å². The van der Waals surface area contributed by atoms with Gasteiger partial charge < -0.3 is 0 Å². The third-order valence-corrected chi connectivity index (χ3v) is 6.52. The molecule has 22 heavy (non-hydrogen) atoms. The zero-order chi connectivity index (χ0) is 15.4. The van der Waals surface area contributed by atoms with Gasteiger partial charge in [0.25, 0.3) is 0 Å². The Morgan fingerprint density at radius 2 is 1.32 bits per heavy atom. The van der Waals surface area contributed by atoms with E-state index in [-0.39, 0.29) is 5.41 Å². The minimum absolute atomic E-state index is 0.0195. The maximum Gasteiger partial charge on any atom is 0.211 e. The van der Waals surface area contributed by atoms with Crippen LogP contribution in [-0.4, -0.2) is 32.1 Å². The number of benzene rings is 2. The van der Waals surface area contributed by atoms with Crippen LogP contribution in [0.2, 0.25) is 0 Å². The fourth-order valence-electron chi connectivity index (χ4n) is 4.15. The summed E-state index contributed by atoms with van der Waals surface area (Å²) in [4.78, 5) is 0. The molecule has 0 bridgehead atoms. The van der Waals surface area contributed by atoms with Crippen molar-refractivity contribution in [2.45, 2.75) is 18.3 Å². The molecule has 0 aromatic heterocycles. The molecular formula is C18H19NO2S. The van der Waals surface area contributed by atoms with E-state index in [2.05, 4.69) is 48.5 Å². The molecule has 4 rings (SSSR count). The monoisotopic (exact) mass is 313 g/mol. The van der Waals surface area contributed by atoms with Crippen LogP contribution in [0.3, 0.4) is 0 Å². The lowest BCUT2D eigenvalue weighted by Crippen LogP contribution is -2.44. The molecule has 1 heterocycles. The fourth-order valence-corrected chi connectivity index (χ4v) is 5.00. The van der Waals surface area contributed by atoms with E-state index in [1.165, 1.54) is 28.5 Å². The highest BCUT2D eigenvalue weighted by molar-refractivity contribution is 7.88. The summed E-state index contributed by atoms with van der Waals surface area (Å²) in [5.74, 6) is 0. The van der Waals surface area contributed by atoms with Crippen LogP contribution >= 0.6 is 0 Å². The third-order valence-electron chi connectivity index (χ3n) is 5.22. The van der Waals surface area contributed by atoms with E-state index in [1.54, 1.807) is 4.31 Å². The van der Waals surface area contributed by atoms with Gasteiger partial charge in [0.05, 0.1) is 6.26 Å². The maximum absolute atomic E-state index is 11.8. The molecule has 0 saturated carbocycles. The average Bonchev–Trinajstić information content (AvgIpc) is 2.79. The first-order valence-electron chi connectivity index (χ1n) is 7.67. The minimum Gasteiger partial charge on any atom is -0.213 e. The minimum atomic E-state index is -3.09. The molecule has 2 aliphatic rings. The van der Waals surface area contributed by atoms with Crippen molar-refractivity contribution in [1.82, 2.24) is 4.31 Å². The predicted molar refractivity (Wildman–Crippen MR) is 88.3 cm³/mol. The van der Waals surface area contributed by atoms with Crippen LogP contribution in [0.5, 0.6) is 0 Å². The van der Waals surface area contributed by atoms with E-state index < -0.39 is 10.0 Å². The van der Waals surface area contributed by atoms with Gasteiger partial charge in [-0.25, -0.2) is 12.7 Å². The van der Waals surface area contributed by atoms with Gasteiger partial charge in [-0.15, -0.1) is 0 Å². The quantitative estimate of drug-likeness (QED) is 0.811. The van der Waals surface area contributed by atoms with E-state index in [0.29, 0.717) is 13.1 Å². The first kappa shape index (κ1) is 14.0. The molecule has 1 aliphatic carbocycles. The third kappa shape index (κ3) is 1.87. The second kappa shape index (κ2) is 4.67. The van der Waals surface area contributed by atoms with Gasteiger partial charge in [0.2, 0.25) is 10.0 Å². The highest BCUT2D eigenvalue weighted by atomic mass is 32.2. The van der Waals surface area contributed by atoms with Gasteiger partial charge in [0, 0.05) is 18.5 Å². The van der Waals surface area contributed by atoms with Crippen LogP contribution in [-0.2, 0) is 15.4 Å². The molecule has 0 amide bonds. The molecule has 1 spiro atoms. The lowest BCUT2D eigenvalue weighted by molar-refractivity contribution is 0.270. The number of hydrogen-bond donors (Lipinski definition) is 0. The fraction of sp³-hybridized carbons (Fsp3) is 0.333. The molecular weight excluding hydrogens is 294 g/mol. The Balaban J connectivity index is 1.83. The molecule has 0 unspecified atom stereocenters. The molecule has 1 saturated heterocycles. The van der Waals surface area contributed by atoms with E-state index in [9.17, 15) is 8.42 Å². The molecule has 3 nitrogen and oxygen atoms in total. The van der Waals surface area contributed by atoms with Gasteiger partial charge >= 0.3 is 0 Å². The summed E-state index contributed by atoms with van der Waals surface area (Å²) in [5.41, 5.74) is 5.33. The lowest BCUT2D eigenvalue weighted by Gasteiger charge is -2.40. The predicted octanol–water partition coefficient (Wildman–Crippen LogP) is 3.01. The first-order chi connectivity index (χ1) is 10.5. The highest BCUT2D eigenvalue weighted by Crippen LogP contribution is 2.53. The highest BCUT2D eigenvalue weighted by Gasteiger charge is 2.45. The molecule has 114 valence electrons. The van der Waals surface area contributed by atoms with Gasteiger partial charge in [0.15, 0.2) is 0 Å². The Bertz CT molecular complexity index is 786. The number of piperidine rings is 1. The Morgan fingerprint density at radius 1 is 0.864 bits per heavy atom. The van der Waals surface area contributed by atoms with Gasteiger partial charge in [-0.2, -0.15) is 0 Å². The number of hydrogen-bond acceptors (Lipinski definition) is 2. The topological polar surface area (TPSA) is 37.4 Å². The van der Waals surface area contributed by atoms with Crippen LogP contribution in [0.1, 0.15) is 24.0 Å². The second-order valence-electron chi connectivity index (χ2n) is 6.34. The Labute approximate surface area is 131 Å². The first-order valence-corrected chi connectivity index (χ1v) is 9.52.